The van der Waals surface area contributed by atoms with Crippen molar-refractivity contribution in [2.75, 3.05) is 13.2 Å². The van der Waals surface area contributed by atoms with E-state index in [4.69, 9.17) is 14.1 Å². The third kappa shape index (κ3) is 5.21. The third-order valence-electron chi connectivity index (χ3n) is 5.61. The fourth-order valence-electron chi connectivity index (χ4n) is 4.05. The normalized spacial score (nSPS) is 20.2. The Morgan fingerprint density at radius 2 is 2.00 bits per heavy atom. The van der Waals surface area contributed by atoms with Crippen molar-refractivity contribution >= 4 is 29.9 Å². The highest BCUT2D eigenvalue weighted by atomic mass is 127. The molecule has 5 nitrogen and oxygen atoms in total. The number of halogens is 1. The standard InChI is InChI=1S/C22H29N3O2.HI/c1-16(20-15-27-21-11-5-4-10-19(20)21)24-22(25-17-7-2-3-8-17)23-13-12-18-9-6-14-26-18;/h4-6,9-11,14,16-17,20H,2-3,7-8,12-13,15H2,1H3,(H2,23,24,25);1H. The van der Waals surface area contributed by atoms with Gasteiger partial charge in [0.2, 0.25) is 0 Å². The van der Waals surface area contributed by atoms with Crippen LogP contribution in [0, 0.1) is 0 Å². The van der Waals surface area contributed by atoms with Crippen molar-refractivity contribution in [2.45, 2.75) is 57.0 Å². The van der Waals surface area contributed by atoms with Crippen LogP contribution in [0.3, 0.4) is 0 Å². The Morgan fingerprint density at radius 3 is 2.79 bits per heavy atom. The summed E-state index contributed by atoms with van der Waals surface area (Å²) >= 11 is 0. The Hall–Kier alpha value is -1.70. The molecule has 1 aromatic heterocycles. The highest BCUT2D eigenvalue weighted by Gasteiger charge is 2.29. The van der Waals surface area contributed by atoms with E-state index in [1.165, 1.54) is 31.2 Å². The minimum absolute atomic E-state index is 0. The van der Waals surface area contributed by atoms with Crippen LogP contribution in [0.2, 0.25) is 0 Å². The summed E-state index contributed by atoms with van der Waals surface area (Å²) < 4.78 is 11.3. The van der Waals surface area contributed by atoms with Crippen LogP contribution in [0.4, 0.5) is 0 Å². The van der Waals surface area contributed by atoms with E-state index in [9.17, 15) is 0 Å². The van der Waals surface area contributed by atoms with Crippen LogP contribution in [-0.4, -0.2) is 31.2 Å². The van der Waals surface area contributed by atoms with Gasteiger partial charge in [0, 0.05) is 36.5 Å². The molecule has 2 atom stereocenters. The molecule has 0 saturated heterocycles. The number of guanidine groups is 1. The molecule has 1 aliphatic carbocycles. The number of fused-ring (bicyclic) bond motifs is 1. The van der Waals surface area contributed by atoms with E-state index in [1.54, 1.807) is 6.26 Å². The molecule has 0 bridgehead atoms. The topological polar surface area (TPSA) is 58.8 Å². The summed E-state index contributed by atoms with van der Waals surface area (Å²) in [7, 11) is 0. The van der Waals surface area contributed by atoms with E-state index in [-0.39, 0.29) is 30.0 Å². The van der Waals surface area contributed by atoms with Crippen LogP contribution in [0.1, 0.15) is 49.8 Å². The maximum Gasteiger partial charge on any atom is 0.191 e. The summed E-state index contributed by atoms with van der Waals surface area (Å²) in [5, 5.41) is 7.28. The summed E-state index contributed by atoms with van der Waals surface area (Å²) in [6.07, 6.45) is 7.58. The minimum atomic E-state index is 0. The van der Waals surface area contributed by atoms with Crippen molar-refractivity contribution in [2.24, 2.45) is 4.99 Å². The number of aliphatic imine (C=N–C) groups is 1. The predicted molar refractivity (Wildman–Crippen MR) is 123 cm³/mol. The first kappa shape index (κ1) is 21.0. The lowest BCUT2D eigenvalue weighted by atomic mass is 9.94. The molecule has 28 heavy (non-hydrogen) atoms. The Bertz CT molecular complexity index is 757. The van der Waals surface area contributed by atoms with Crippen molar-refractivity contribution in [3.63, 3.8) is 0 Å². The third-order valence-corrected chi connectivity index (χ3v) is 5.61. The molecule has 2 aromatic rings. The summed E-state index contributed by atoms with van der Waals surface area (Å²) in [5.74, 6) is 3.23. The number of furan rings is 1. The molecule has 0 radical (unpaired) electrons. The average molecular weight is 495 g/mol. The van der Waals surface area contributed by atoms with E-state index in [2.05, 4.69) is 35.8 Å². The maximum atomic E-state index is 5.86. The molecule has 152 valence electrons. The fourth-order valence-corrected chi connectivity index (χ4v) is 4.05. The van der Waals surface area contributed by atoms with Gasteiger partial charge in [-0.15, -0.1) is 24.0 Å². The zero-order chi connectivity index (χ0) is 18.5. The smallest absolute Gasteiger partial charge is 0.191 e. The van der Waals surface area contributed by atoms with Gasteiger partial charge in [0.25, 0.3) is 0 Å². The number of nitrogens with one attached hydrogen (secondary N) is 2. The predicted octanol–water partition coefficient (Wildman–Crippen LogP) is 4.48. The number of ether oxygens (including phenoxy) is 1. The second kappa shape index (κ2) is 10.2. The van der Waals surface area contributed by atoms with E-state index in [0.29, 0.717) is 18.5 Å². The Labute approximate surface area is 184 Å². The molecule has 2 heterocycles. The molecular weight excluding hydrogens is 465 g/mol. The Morgan fingerprint density at radius 1 is 1.18 bits per heavy atom. The first-order valence-corrected chi connectivity index (χ1v) is 10.1. The number of benzene rings is 1. The van der Waals surface area contributed by atoms with Crippen LogP contribution >= 0.6 is 24.0 Å². The molecule has 0 spiro atoms. The highest BCUT2D eigenvalue weighted by molar-refractivity contribution is 14.0. The zero-order valence-electron chi connectivity index (χ0n) is 16.4. The van der Waals surface area contributed by atoms with Gasteiger partial charge in [-0.3, -0.25) is 4.99 Å². The van der Waals surface area contributed by atoms with E-state index >= 15 is 0 Å². The quantitative estimate of drug-likeness (QED) is 0.353. The SMILES string of the molecule is CC(NC(=NCCc1ccco1)NC1CCCC1)C1COc2ccccc21.I. The van der Waals surface area contributed by atoms with Crippen LogP contribution in [0.5, 0.6) is 5.75 Å². The van der Waals surface area contributed by atoms with Crippen LogP contribution in [-0.2, 0) is 6.42 Å². The largest absolute Gasteiger partial charge is 0.493 e. The van der Waals surface area contributed by atoms with E-state index < -0.39 is 0 Å². The lowest BCUT2D eigenvalue weighted by molar-refractivity contribution is 0.312. The van der Waals surface area contributed by atoms with Gasteiger partial charge in [-0.1, -0.05) is 31.0 Å². The Balaban J connectivity index is 0.00000225. The molecule has 0 amide bonds. The fraction of sp³-hybridized carbons (Fsp3) is 0.500. The first-order valence-electron chi connectivity index (χ1n) is 10.1. The van der Waals surface area contributed by atoms with Crippen molar-refractivity contribution in [3.8, 4) is 5.75 Å². The number of para-hydroxylation sites is 1. The molecule has 1 aliphatic heterocycles. The Kier molecular flexibility index (Phi) is 7.65. The molecule has 2 N–H and O–H groups in total. The summed E-state index contributed by atoms with van der Waals surface area (Å²) in [6, 6.07) is 13.0. The average Bonchev–Trinajstić information content (AvgIpc) is 3.43. The molecule has 6 heteroatoms. The van der Waals surface area contributed by atoms with Crippen molar-refractivity contribution in [3.05, 3.63) is 54.0 Å². The molecule has 2 aliphatic rings. The second-order valence-electron chi connectivity index (χ2n) is 7.57. The van der Waals surface area contributed by atoms with Crippen LogP contribution < -0.4 is 15.4 Å². The molecule has 1 saturated carbocycles. The summed E-state index contributed by atoms with van der Waals surface area (Å²) in [6.45, 7) is 3.64. The zero-order valence-corrected chi connectivity index (χ0v) is 18.7. The van der Waals surface area contributed by atoms with Gasteiger partial charge in [-0.05, 0) is 38.0 Å². The van der Waals surface area contributed by atoms with Gasteiger partial charge in [-0.25, -0.2) is 0 Å². The molecule has 4 rings (SSSR count). The number of rotatable bonds is 6. The van der Waals surface area contributed by atoms with Gasteiger partial charge < -0.3 is 19.8 Å². The summed E-state index contributed by atoms with van der Waals surface area (Å²) in [4.78, 5) is 4.82. The minimum Gasteiger partial charge on any atom is -0.493 e. The van der Waals surface area contributed by atoms with Crippen LogP contribution in [0.15, 0.2) is 52.1 Å². The molecular formula is C22H30IN3O2. The molecule has 2 unspecified atom stereocenters. The van der Waals surface area contributed by atoms with Gasteiger partial charge >= 0.3 is 0 Å². The summed E-state index contributed by atoms with van der Waals surface area (Å²) in [5.41, 5.74) is 1.29. The van der Waals surface area contributed by atoms with E-state index in [0.717, 1.165) is 30.5 Å². The van der Waals surface area contributed by atoms with Gasteiger partial charge in [0.15, 0.2) is 5.96 Å². The van der Waals surface area contributed by atoms with Crippen molar-refractivity contribution in [1.29, 1.82) is 0 Å². The number of nitrogens with zero attached hydrogens (tertiary/aromatic N) is 1. The first-order chi connectivity index (χ1) is 13.3. The molecule has 1 aromatic carbocycles. The monoisotopic (exact) mass is 495 g/mol. The number of hydrogen-bond acceptors (Lipinski definition) is 3. The van der Waals surface area contributed by atoms with E-state index in [1.807, 2.05) is 18.2 Å². The van der Waals surface area contributed by atoms with Gasteiger partial charge in [-0.2, -0.15) is 0 Å². The second-order valence-corrected chi connectivity index (χ2v) is 7.57. The lowest BCUT2D eigenvalue weighted by Crippen LogP contribution is -2.48. The highest BCUT2D eigenvalue weighted by Crippen LogP contribution is 2.35. The number of hydrogen-bond donors (Lipinski definition) is 2. The van der Waals surface area contributed by atoms with Crippen molar-refractivity contribution < 1.29 is 9.15 Å². The molecule has 1 fully saturated rings. The maximum absolute atomic E-state index is 5.86. The van der Waals surface area contributed by atoms with Gasteiger partial charge in [0.1, 0.15) is 11.5 Å². The van der Waals surface area contributed by atoms with Gasteiger partial charge in [0.05, 0.1) is 12.9 Å². The lowest BCUT2D eigenvalue weighted by Gasteiger charge is -2.24. The van der Waals surface area contributed by atoms with Crippen molar-refractivity contribution in [1.82, 2.24) is 10.6 Å². The van der Waals surface area contributed by atoms with Crippen LogP contribution in [0.25, 0.3) is 0 Å².